The minimum absolute atomic E-state index is 0.569. The Bertz CT molecular complexity index is 512. The molecular formula is C16H22N4. The highest BCUT2D eigenvalue weighted by Crippen LogP contribution is 2.14. The van der Waals surface area contributed by atoms with Gasteiger partial charge in [-0.25, -0.2) is 0 Å². The second kappa shape index (κ2) is 6.57. The number of nitrogens with one attached hydrogen (secondary N) is 2. The van der Waals surface area contributed by atoms with Gasteiger partial charge in [0, 0.05) is 12.2 Å². The number of aromatic nitrogens is 2. The van der Waals surface area contributed by atoms with Crippen LogP contribution in [-0.4, -0.2) is 28.9 Å². The zero-order valence-corrected chi connectivity index (χ0v) is 11.8. The molecule has 106 valence electrons. The first-order valence-electron chi connectivity index (χ1n) is 7.44. The molecule has 1 unspecified atom stereocenters. The van der Waals surface area contributed by atoms with Crippen LogP contribution >= 0.6 is 0 Å². The number of nitrogens with zero attached hydrogens (tertiary/aromatic N) is 2. The van der Waals surface area contributed by atoms with Crippen LogP contribution in [0.2, 0.25) is 0 Å². The van der Waals surface area contributed by atoms with Crippen molar-refractivity contribution in [2.75, 3.05) is 18.4 Å². The van der Waals surface area contributed by atoms with Crippen LogP contribution in [-0.2, 0) is 6.54 Å². The fraction of sp³-hybridized carbons (Fsp3) is 0.438. The molecule has 0 aliphatic carbocycles. The first-order valence-corrected chi connectivity index (χ1v) is 7.44. The summed E-state index contributed by atoms with van der Waals surface area (Å²) >= 11 is 0. The molecule has 2 heterocycles. The molecule has 0 amide bonds. The van der Waals surface area contributed by atoms with Gasteiger partial charge in [0.1, 0.15) is 0 Å². The van der Waals surface area contributed by atoms with Crippen molar-refractivity contribution in [2.24, 2.45) is 0 Å². The lowest BCUT2D eigenvalue weighted by molar-refractivity contribution is 0.637. The van der Waals surface area contributed by atoms with E-state index in [9.17, 15) is 0 Å². The second-order valence-electron chi connectivity index (χ2n) is 5.43. The van der Waals surface area contributed by atoms with Gasteiger partial charge in [-0.15, -0.1) is 0 Å². The van der Waals surface area contributed by atoms with E-state index in [0.717, 1.165) is 25.3 Å². The van der Waals surface area contributed by atoms with Gasteiger partial charge in [-0.1, -0.05) is 30.3 Å². The maximum Gasteiger partial charge on any atom is 0.0728 e. The first-order chi connectivity index (χ1) is 9.90. The standard InChI is InChI=1S/C16H22N4/c1-2-5-14(6-3-1)12-20-13-16(11-18-20)19-15-7-4-9-17-10-8-15/h1-3,5-6,11,13,15,17,19H,4,7-10,12H2. The van der Waals surface area contributed by atoms with Gasteiger partial charge in [0.2, 0.25) is 0 Å². The number of hydrogen-bond donors (Lipinski definition) is 2. The number of rotatable bonds is 4. The Labute approximate surface area is 120 Å². The largest absolute Gasteiger partial charge is 0.380 e. The minimum Gasteiger partial charge on any atom is -0.380 e. The second-order valence-corrected chi connectivity index (χ2v) is 5.43. The Kier molecular flexibility index (Phi) is 4.33. The highest BCUT2D eigenvalue weighted by Gasteiger charge is 2.12. The van der Waals surface area contributed by atoms with E-state index in [1.807, 2.05) is 16.9 Å². The molecule has 1 aromatic carbocycles. The summed E-state index contributed by atoms with van der Waals surface area (Å²) in [6, 6.07) is 11.0. The van der Waals surface area contributed by atoms with Crippen LogP contribution in [0.1, 0.15) is 24.8 Å². The third-order valence-corrected chi connectivity index (χ3v) is 3.77. The molecule has 1 saturated heterocycles. The summed E-state index contributed by atoms with van der Waals surface area (Å²) in [7, 11) is 0. The third kappa shape index (κ3) is 3.61. The van der Waals surface area contributed by atoms with Gasteiger partial charge in [0.05, 0.1) is 18.4 Å². The van der Waals surface area contributed by atoms with Crippen molar-refractivity contribution in [2.45, 2.75) is 31.8 Å². The van der Waals surface area contributed by atoms with Crippen LogP contribution in [0.3, 0.4) is 0 Å². The summed E-state index contributed by atoms with van der Waals surface area (Å²) < 4.78 is 1.99. The van der Waals surface area contributed by atoms with Crippen molar-refractivity contribution in [3.05, 3.63) is 48.3 Å². The molecule has 1 atom stereocenters. The molecule has 2 aromatic rings. The third-order valence-electron chi connectivity index (χ3n) is 3.77. The molecule has 2 N–H and O–H groups in total. The van der Waals surface area contributed by atoms with Crippen molar-refractivity contribution in [3.63, 3.8) is 0 Å². The fourth-order valence-corrected chi connectivity index (χ4v) is 2.69. The van der Waals surface area contributed by atoms with Gasteiger partial charge in [0.15, 0.2) is 0 Å². The molecular weight excluding hydrogens is 248 g/mol. The van der Waals surface area contributed by atoms with Crippen molar-refractivity contribution in [1.82, 2.24) is 15.1 Å². The van der Waals surface area contributed by atoms with Crippen LogP contribution in [0.15, 0.2) is 42.7 Å². The van der Waals surface area contributed by atoms with Crippen LogP contribution in [0.25, 0.3) is 0 Å². The van der Waals surface area contributed by atoms with E-state index in [-0.39, 0.29) is 0 Å². The predicted octanol–water partition coefficient (Wildman–Crippen LogP) is 2.49. The molecule has 1 aliphatic heterocycles. The molecule has 1 aromatic heterocycles. The van der Waals surface area contributed by atoms with Gasteiger partial charge >= 0.3 is 0 Å². The quantitative estimate of drug-likeness (QED) is 0.897. The Balaban J connectivity index is 1.59. The zero-order valence-electron chi connectivity index (χ0n) is 11.8. The van der Waals surface area contributed by atoms with Crippen molar-refractivity contribution < 1.29 is 0 Å². The molecule has 4 nitrogen and oxygen atoms in total. The Hall–Kier alpha value is -1.81. The minimum atomic E-state index is 0.569. The number of anilines is 1. The molecule has 1 fully saturated rings. The maximum atomic E-state index is 4.44. The van der Waals surface area contributed by atoms with E-state index in [1.54, 1.807) is 0 Å². The molecule has 3 rings (SSSR count). The fourth-order valence-electron chi connectivity index (χ4n) is 2.69. The van der Waals surface area contributed by atoms with Crippen molar-refractivity contribution in [1.29, 1.82) is 0 Å². The topological polar surface area (TPSA) is 41.9 Å². The maximum absolute atomic E-state index is 4.44. The van der Waals surface area contributed by atoms with E-state index in [1.165, 1.54) is 24.8 Å². The summed E-state index contributed by atoms with van der Waals surface area (Å²) in [4.78, 5) is 0. The molecule has 0 spiro atoms. The summed E-state index contributed by atoms with van der Waals surface area (Å²) in [5.41, 5.74) is 2.41. The van der Waals surface area contributed by atoms with E-state index in [0.29, 0.717) is 6.04 Å². The van der Waals surface area contributed by atoms with Gasteiger partial charge in [-0.2, -0.15) is 5.10 Å². The smallest absolute Gasteiger partial charge is 0.0728 e. The van der Waals surface area contributed by atoms with Gasteiger partial charge in [0.25, 0.3) is 0 Å². The average Bonchev–Trinajstić information content (AvgIpc) is 2.74. The highest BCUT2D eigenvalue weighted by atomic mass is 15.3. The van der Waals surface area contributed by atoms with Gasteiger partial charge in [-0.05, 0) is 37.9 Å². The van der Waals surface area contributed by atoms with Crippen LogP contribution in [0.4, 0.5) is 5.69 Å². The monoisotopic (exact) mass is 270 g/mol. The van der Waals surface area contributed by atoms with Crippen LogP contribution in [0.5, 0.6) is 0 Å². The summed E-state index contributed by atoms with van der Waals surface area (Å²) in [6.45, 7) is 3.08. The van der Waals surface area contributed by atoms with E-state index >= 15 is 0 Å². The van der Waals surface area contributed by atoms with Crippen molar-refractivity contribution >= 4 is 5.69 Å². The summed E-state index contributed by atoms with van der Waals surface area (Å²) in [5, 5.41) is 11.5. The summed E-state index contributed by atoms with van der Waals surface area (Å²) in [6.07, 6.45) is 7.70. The SMILES string of the molecule is c1ccc(Cn2cc(NC3CCCNCC3)cn2)cc1. The molecule has 0 saturated carbocycles. The molecule has 20 heavy (non-hydrogen) atoms. The lowest BCUT2D eigenvalue weighted by atomic mass is 10.1. The van der Waals surface area contributed by atoms with E-state index < -0.39 is 0 Å². The van der Waals surface area contributed by atoms with Gasteiger partial charge in [-0.3, -0.25) is 4.68 Å². The molecule has 1 aliphatic rings. The number of benzene rings is 1. The van der Waals surface area contributed by atoms with E-state index in [4.69, 9.17) is 0 Å². The Morgan fingerprint density at radius 1 is 1.20 bits per heavy atom. The van der Waals surface area contributed by atoms with Crippen molar-refractivity contribution in [3.8, 4) is 0 Å². The summed E-state index contributed by atoms with van der Waals surface area (Å²) in [5.74, 6) is 0. The Morgan fingerprint density at radius 2 is 2.10 bits per heavy atom. The normalized spacial score (nSPS) is 19.5. The Morgan fingerprint density at radius 3 is 3.00 bits per heavy atom. The average molecular weight is 270 g/mol. The zero-order chi connectivity index (χ0) is 13.6. The first kappa shape index (κ1) is 13.2. The van der Waals surface area contributed by atoms with Crippen LogP contribution in [0, 0.1) is 0 Å². The predicted molar refractivity (Wildman–Crippen MR) is 81.9 cm³/mol. The number of hydrogen-bond acceptors (Lipinski definition) is 3. The lowest BCUT2D eigenvalue weighted by Gasteiger charge is -2.15. The molecule has 4 heteroatoms. The highest BCUT2D eigenvalue weighted by molar-refractivity contribution is 5.39. The van der Waals surface area contributed by atoms with E-state index in [2.05, 4.69) is 46.2 Å². The molecule has 0 radical (unpaired) electrons. The lowest BCUT2D eigenvalue weighted by Crippen LogP contribution is -2.21. The van der Waals surface area contributed by atoms with Crippen LogP contribution < -0.4 is 10.6 Å². The van der Waals surface area contributed by atoms with Gasteiger partial charge < -0.3 is 10.6 Å². The molecule has 0 bridgehead atoms.